The lowest BCUT2D eigenvalue weighted by Gasteiger charge is -1.63. The summed E-state index contributed by atoms with van der Waals surface area (Å²) in [6.45, 7) is 1.90. The first-order valence-corrected chi connectivity index (χ1v) is 1.82. The molecule has 0 rings (SSSR count). The Kier molecular flexibility index (Phi) is 3.86. The Morgan fingerprint density at radius 1 is 1.50 bits per heavy atom. The van der Waals surface area contributed by atoms with Gasteiger partial charge in [-0.15, -0.1) is 0 Å². The Hall–Kier alpha value is -0.660. The van der Waals surface area contributed by atoms with E-state index in [0.29, 0.717) is 0 Å². The van der Waals surface area contributed by atoms with E-state index in [9.17, 15) is 0 Å². The van der Waals surface area contributed by atoms with Gasteiger partial charge in [0.05, 0.1) is 0 Å². The van der Waals surface area contributed by atoms with Gasteiger partial charge >= 0.3 is 0 Å². The van der Waals surface area contributed by atoms with Crippen LogP contribution in [0.3, 0.4) is 0 Å². The molecule has 0 heterocycles. The average Bonchev–Trinajstić information content (AvgIpc) is 1.61. The lowest BCUT2D eigenvalue weighted by Crippen LogP contribution is -1.42. The van der Waals surface area contributed by atoms with E-state index < -0.39 is 0 Å². The standard InChI is InChI=1S/C4H8N2/c1-3-4-6-5-2/h3-4H,1-2H3/b4-3-,6-5-. The van der Waals surface area contributed by atoms with Gasteiger partial charge in [0.2, 0.25) is 0 Å². The summed E-state index contributed by atoms with van der Waals surface area (Å²) >= 11 is 0. The fourth-order valence-electron chi connectivity index (χ4n) is 0.133. The zero-order chi connectivity index (χ0) is 4.83. The first-order chi connectivity index (χ1) is 2.91. The minimum Gasteiger partial charge on any atom is -0.193 e. The van der Waals surface area contributed by atoms with Crippen molar-refractivity contribution in [2.45, 2.75) is 6.92 Å². The molecule has 0 radical (unpaired) electrons. The van der Waals surface area contributed by atoms with Crippen molar-refractivity contribution in [3.63, 3.8) is 0 Å². The Morgan fingerprint density at radius 3 is 2.33 bits per heavy atom. The number of allylic oxidation sites excluding steroid dienone is 1. The monoisotopic (exact) mass is 84.1 g/mol. The molecule has 0 saturated heterocycles. The zero-order valence-corrected chi connectivity index (χ0v) is 4.05. The molecule has 0 aromatic carbocycles. The van der Waals surface area contributed by atoms with Gasteiger partial charge in [-0.3, -0.25) is 0 Å². The van der Waals surface area contributed by atoms with E-state index in [1.165, 1.54) is 0 Å². The van der Waals surface area contributed by atoms with E-state index in [1.54, 1.807) is 13.2 Å². The Balaban J connectivity index is 3.07. The summed E-state index contributed by atoms with van der Waals surface area (Å²) < 4.78 is 0. The molecule has 2 heteroatoms. The predicted octanol–water partition coefficient (Wildman–Crippen LogP) is 1.60. The zero-order valence-electron chi connectivity index (χ0n) is 4.05. The smallest absolute Gasteiger partial charge is 0.0491 e. The molecule has 0 aliphatic carbocycles. The maximum absolute atomic E-state index is 3.53. The molecule has 0 fully saturated rings. The SMILES string of the molecule is C/C=C\N=N/C. The second-order valence-corrected chi connectivity index (χ2v) is 0.798. The largest absolute Gasteiger partial charge is 0.193 e. The Morgan fingerprint density at radius 2 is 2.17 bits per heavy atom. The highest BCUT2D eigenvalue weighted by molar-refractivity contribution is 4.70. The van der Waals surface area contributed by atoms with Gasteiger partial charge in [0, 0.05) is 13.2 Å². The molecule has 34 valence electrons. The van der Waals surface area contributed by atoms with Crippen molar-refractivity contribution in [2.75, 3.05) is 7.05 Å². The molecule has 0 amide bonds. The van der Waals surface area contributed by atoms with Crippen molar-refractivity contribution >= 4 is 0 Å². The first kappa shape index (κ1) is 5.34. The van der Waals surface area contributed by atoms with Crippen molar-refractivity contribution in [1.82, 2.24) is 0 Å². The highest BCUT2D eigenvalue weighted by Gasteiger charge is 1.49. The summed E-state index contributed by atoms with van der Waals surface area (Å²) in [5.41, 5.74) is 0. The second-order valence-electron chi connectivity index (χ2n) is 0.798. The van der Waals surface area contributed by atoms with Crippen LogP contribution < -0.4 is 0 Å². The van der Waals surface area contributed by atoms with Gasteiger partial charge in [0.1, 0.15) is 0 Å². The van der Waals surface area contributed by atoms with Gasteiger partial charge in [-0.05, 0) is 6.92 Å². The number of rotatable bonds is 1. The minimum atomic E-state index is 1.64. The number of azo groups is 1. The van der Waals surface area contributed by atoms with E-state index in [4.69, 9.17) is 0 Å². The molecule has 0 aromatic heterocycles. The maximum Gasteiger partial charge on any atom is 0.0491 e. The van der Waals surface area contributed by atoms with Crippen LogP contribution in [0, 0.1) is 0 Å². The molecular weight excluding hydrogens is 76.1 g/mol. The topological polar surface area (TPSA) is 24.7 Å². The van der Waals surface area contributed by atoms with E-state index in [0.717, 1.165) is 0 Å². The second kappa shape index (κ2) is 4.34. The highest BCUT2D eigenvalue weighted by Crippen LogP contribution is 1.70. The molecule has 0 aliphatic rings. The van der Waals surface area contributed by atoms with Gasteiger partial charge in [-0.25, -0.2) is 0 Å². The highest BCUT2D eigenvalue weighted by atomic mass is 15.1. The molecule has 0 saturated carbocycles. The van der Waals surface area contributed by atoms with Crippen molar-refractivity contribution in [3.05, 3.63) is 12.3 Å². The summed E-state index contributed by atoms with van der Waals surface area (Å²) in [5.74, 6) is 0. The molecule has 0 spiro atoms. The first-order valence-electron chi connectivity index (χ1n) is 1.82. The molecule has 6 heavy (non-hydrogen) atoms. The van der Waals surface area contributed by atoms with Gasteiger partial charge in [0.15, 0.2) is 0 Å². The van der Waals surface area contributed by atoms with Crippen LogP contribution in [0.4, 0.5) is 0 Å². The van der Waals surface area contributed by atoms with Crippen LogP contribution in [0.15, 0.2) is 22.5 Å². The number of hydrogen-bond acceptors (Lipinski definition) is 2. The third-order valence-corrected chi connectivity index (χ3v) is 0.331. The summed E-state index contributed by atoms with van der Waals surface area (Å²) in [6.07, 6.45) is 3.47. The van der Waals surface area contributed by atoms with Crippen LogP contribution in [0.1, 0.15) is 6.92 Å². The summed E-state index contributed by atoms with van der Waals surface area (Å²) in [7, 11) is 1.64. The molecule has 2 nitrogen and oxygen atoms in total. The van der Waals surface area contributed by atoms with Crippen molar-refractivity contribution in [1.29, 1.82) is 0 Å². The average molecular weight is 84.1 g/mol. The van der Waals surface area contributed by atoms with Gasteiger partial charge in [-0.2, -0.15) is 10.2 Å². The summed E-state index contributed by atoms with van der Waals surface area (Å²) in [5, 5.41) is 7.00. The molecule has 0 N–H and O–H groups in total. The third-order valence-electron chi connectivity index (χ3n) is 0.331. The normalized spacial score (nSPS) is 11.7. The van der Waals surface area contributed by atoms with Crippen LogP contribution in [0.5, 0.6) is 0 Å². The van der Waals surface area contributed by atoms with Gasteiger partial charge in [-0.1, -0.05) is 6.08 Å². The maximum atomic E-state index is 3.53. The van der Waals surface area contributed by atoms with Crippen molar-refractivity contribution < 1.29 is 0 Å². The number of nitrogens with zero attached hydrogens (tertiary/aromatic N) is 2. The predicted molar refractivity (Wildman–Crippen MR) is 25.6 cm³/mol. The Bertz CT molecular complexity index is 53.9. The molecule has 0 atom stereocenters. The fraction of sp³-hybridized carbons (Fsp3) is 0.500. The fourth-order valence-corrected chi connectivity index (χ4v) is 0.133. The van der Waals surface area contributed by atoms with Crippen LogP contribution in [0.25, 0.3) is 0 Å². The summed E-state index contributed by atoms with van der Waals surface area (Å²) in [4.78, 5) is 0. The van der Waals surface area contributed by atoms with Crippen molar-refractivity contribution in [2.24, 2.45) is 10.2 Å². The Labute approximate surface area is 37.6 Å². The van der Waals surface area contributed by atoms with Crippen LogP contribution in [0.2, 0.25) is 0 Å². The van der Waals surface area contributed by atoms with E-state index in [-0.39, 0.29) is 0 Å². The van der Waals surface area contributed by atoms with Crippen LogP contribution in [-0.4, -0.2) is 7.05 Å². The van der Waals surface area contributed by atoms with Crippen molar-refractivity contribution in [3.8, 4) is 0 Å². The minimum absolute atomic E-state index is 1.64. The molecular formula is C4H8N2. The lowest BCUT2D eigenvalue weighted by molar-refractivity contribution is 1.16. The molecule has 0 aliphatic heterocycles. The third kappa shape index (κ3) is 3.34. The number of hydrogen-bond donors (Lipinski definition) is 0. The molecule has 0 aromatic rings. The molecule has 0 bridgehead atoms. The van der Waals surface area contributed by atoms with E-state index >= 15 is 0 Å². The summed E-state index contributed by atoms with van der Waals surface area (Å²) in [6, 6.07) is 0. The van der Waals surface area contributed by atoms with Crippen LogP contribution in [-0.2, 0) is 0 Å². The van der Waals surface area contributed by atoms with Gasteiger partial charge < -0.3 is 0 Å². The quantitative estimate of drug-likeness (QED) is 0.431. The van der Waals surface area contributed by atoms with Crippen LogP contribution >= 0.6 is 0 Å². The van der Waals surface area contributed by atoms with Gasteiger partial charge in [0.25, 0.3) is 0 Å². The lowest BCUT2D eigenvalue weighted by atomic mass is 10.7. The van der Waals surface area contributed by atoms with E-state index in [2.05, 4.69) is 10.2 Å². The van der Waals surface area contributed by atoms with E-state index in [1.807, 2.05) is 13.0 Å². The molecule has 0 unspecified atom stereocenters.